The number of nitrogen functional groups attached to an aromatic ring is 1. The zero-order valence-corrected chi connectivity index (χ0v) is 9.21. The van der Waals surface area contributed by atoms with Crippen molar-refractivity contribution in [1.82, 2.24) is 15.5 Å². The van der Waals surface area contributed by atoms with E-state index < -0.39 is 0 Å². The number of nitrogens with one attached hydrogen (secondary N) is 2. The second kappa shape index (κ2) is 3.79. The van der Waals surface area contributed by atoms with Gasteiger partial charge < -0.3 is 16.2 Å². The fraction of sp³-hybridized carbons (Fsp3) is 0.600. The highest BCUT2D eigenvalue weighted by Gasteiger charge is 2.42. The van der Waals surface area contributed by atoms with Crippen molar-refractivity contribution in [2.75, 3.05) is 18.9 Å². The zero-order valence-electron chi connectivity index (χ0n) is 9.21. The van der Waals surface area contributed by atoms with Gasteiger partial charge in [0.2, 0.25) is 0 Å². The zero-order chi connectivity index (χ0) is 11.8. The fourth-order valence-corrected chi connectivity index (χ4v) is 1.53. The van der Waals surface area contributed by atoms with Crippen LogP contribution >= 0.6 is 0 Å². The molecule has 1 aliphatic carbocycles. The molecule has 1 fully saturated rings. The van der Waals surface area contributed by atoms with Crippen molar-refractivity contribution < 1.29 is 9.90 Å². The molecule has 0 bridgehead atoms. The number of anilines is 1. The van der Waals surface area contributed by atoms with Gasteiger partial charge in [0.25, 0.3) is 5.91 Å². The van der Waals surface area contributed by atoms with Crippen molar-refractivity contribution in [3.63, 3.8) is 0 Å². The van der Waals surface area contributed by atoms with Crippen molar-refractivity contribution in [3.8, 4) is 0 Å². The molecule has 0 saturated heterocycles. The van der Waals surface area contributed by atoms with Crippen LogP contribution in [0.5, 0.6) is 0 Å². The molecule has 0 aliphatic heterocycles. The molecule has 5 N–H and O–H groups in total. The molecule has 1 amide bonds. The molecule has 0 unspecified atom stereocenters. The van der Waals surface area contributed by atoms with Crippen LogP contribution in [-0.2, 0) is 0 Å². The number of aromatic amines is 1. The summed E-state index contributed by atoms with van der Waals surface area (Å²) in [6, 6.07) is 0. The topological polar surface area (TPSA) is 104 Å². The molecule has 0 aromatic carbocycles. The van der Waals surface area contributed by atoms with E-state index in [1.807, 2.05) is 0 Å². The molecule has 0 radical (unpaired) electrons. The van der Waals surface area contributed by atoms with Gasteiger partial charge in [0.1, 0.15) is 0 Å². The van der Waals surface area contributed by atoms with Crippen molar-refractivity contribution in [1.29, 1.82) is 0 Å². The number of nitrogens with two attached hydrogens (primary N) is 1. The molecular formula is C10H16N4O2. The molecule has 6 heteroatoms. The van der Waals surface area contributed by atoms with E-state index in [0.29, 0.717) is 17.9 Å². The lowest BCUT2D eigenvalue weighted by molar-refractivity contribution is 0.0931. The Morgan fingerprint density at radius 1 is 1.69 bits per heavy atom. The van der Waals surface area contributed by atoms with E-state index in [2.05, 4.69) is 15.5 Å². The monoisotopic (exact) mass is 224 g/mol. The quantitative estimate of drug-likeness (QED) is 0.568. The average molecular weight is 224 g/mol. The van der Waals surface area contributed by atoms with Crippen LogP contribution < -0.4 is 11.1 Å². The maximum absolute atomic E-state index is 11.7. The molecule has 2 rings (SSSR count). The van der Waals surface area contributed by atoms with Crippen LogP contribution in [0.15, 0.2) is 0 Å². The number of carbonyl (C=O) groups excluding carboxylic acids is 1. The summed E-state index contributed by atoms with van der Waals surface area (Å²) >= 11 is 0. The first-order chi connectivity index (χ1) is 7.58. The van der Waals surface area contributed by atoms with Crippen molar-refractivity contribution >= 4 is 11.6 Å². The Labute approximate surface area is 93.2 Å². The lowest BCUT2D eigenvalue weighted by Gasteiger charge is -2.11. The molecule has 88 valence electrons. The Morgan fingerprint density at radius 2 is 2.38 bits per heavy atom. The van der Waals surface area contributed by atoms with E-state index in [1.165, 1.54) is 0 Å². The molecule has 16 heavy (non-hydrogen) atoms. The number of hydrogen-bond acceptors (Lipinski definition) is 4. The molecular weight excluding hydrogens is 208 g/mol. The molecule has 0 atom stereocenters. The smallest absolute Gasteiger partial charge is 0.273 e. The van der Waals surface area contributed by atoms with Gasteiger partial charge in [-0.05, 0) is 19.8 Å². The van der Waals surface area contributed by atoms with E-state index >= 15 is 0 Å². The van der Waals surface area contributed by atoms with Crippen molar-refractivity contribution in [2.45, 2.75) is 19.8 Å². The number of aromatic nitrogens is 2. The highest BCUT2D eigenvalue weighted by Crippen LogP contribution is 2.44. The van der Waals surface area contributed by atoms with E-state index in [4.69, 9.17) is 10.8 Å². The van der Waals surface area contributed by atoms with Crippen molar-refractivity contribution in [2.24, 2.45) is 5.41 Å². The van der Waals surface area contributed by atoms with E-state index in [1.54, 1.807) is 6.92 Å². The summed E-state index contributed by atoms with van der Waals surface area (Å²) in [5.74, 6) is -0.290. The number of rotatable bonds is 4. The third kappa shape index (κ3) is 1.88. The summed E-state index contributed by atoms with van der Waals surface area (Å²) in [6.07, 6.45) is 1.91. The van der Waals surface area contributed by atoms with Gasteiger partial charge in [-0.15, -0.1) is 0 Å². The molecule has 1 aromatic heterocycles. The molecule has 1 heterocycles. The first-order valence-electron chi connectivity index (χ1n) is 5.27. The molecule has 1 saturated carbocycles. The second-order valence-corrected chi connectivity index (χ2v) is 4.45. The Morgan fingerprint density at radius 3 is 2.81 bits per heavy atom. The first kappa shape index (κ1) is 10.9. The fourth-order valence-electron chi connectivity index (χ4n) is 1.53. The van der Waals surface area contributed by atoms with Gasteiger partial charge in [0.05, 0.1) is 18.0 Å². The molecule has 1 aromatic rings. The van der Waals surface area contributed by atoms with Crippen LogP contribution in [0.1, 0.15) is 29.0 Å². The van der Waals surface area contributed by atoms with Crippen LogP contribution in [0, 0.1) is 12.3 Å². The Hall–Kier alpha value is -1.56. The maximum Gasteiger partial charge on any atom is 0.273 e. The van der Waals surface area contributed by atoms with Gasteiger partial charge in [-0.2, -0.15) is 5.10 Å². The molecule has 6 nitrogen and oxygen atoms in total. The van der Waals surface area contributed by atoms with Crippen LogP contribution in [0.4, 0.5) is 5.69 Å². The number of aryl methyl sites for hydroxylation is 1. The predicted octanol–water partition coefficient (Wildman–Crippen LogP) is -0.197. The van der Waals surface area contributed by atoms with Crippen LogP contribution in [0.3, 0.4) is 0 Å². The van der Waals surface area contributed by atoms with Gasteiger partial charge in [-0.25, -0.2) is 0 Å². The minimum atomic E-state index is -0.290. The van der Waals surface area contributed by atoms with Gasteiger partial charge in [-0.1, -0.05) is 0 Å². The largest absolute Gasteiger partial charge is 0.396 e. The Kier molecular flexibility index (Phi) is 2.59. The van der Waals surface area contributed by atoms with Crippen LogP contribution in [0.25, 0.3) is 0 Å². The van der Waals surface area contributed by atoms with Gasteiger partial charge in [0, 0.05) is 12.0 Å². The average Bonchev–Trinajstić information content (AvgIpc) is 2.99. The third-order valence-corrected chi connectivity index (χ3v) is 3.13. The van der Waals surface area contributed by atoms with Crippen molar-refractivity contribution in [3.05, 3.63) is 11.4 Å². The summed E-state index contributed by atoms with van der Waals surface area (Å²) in [5, 5.41) is 18.3. The summed E-state index contributed by atoms with van der Waals surface area (Å²) < 4.78 is 0. The molecule has 0 spiro atoms. The number of H-pyrrole nitrogens is 1. The Balaban J connectivity index is 1.96. The van der Waals surface area contributed by atoms with E-state index in [-0.39, 0.29) is 23.6 Å². The lowest BCUT2D eigenvalue weighted by atomic mass is 10.1. The standard InChI is InChI=1S/C10H16N4O2/c1-6-7(11)8(14-13-6)9(16)12-4-10(5-15)2-3-10/h15H,2-5,11H2,1H3,(H,12,16)(H,13,14). The SMILES string of the molecule is Cc1[nH]nc(C(=O)NCC2(CO)CC2)c1N. The first-order valence-corrected chi connectivity index (χ1v) is 5.27. The third-order valence-electron chi connectivity index (χ3n) is 3.13. The number of aliphatic hydroxyl groups is 1. The minimum absolute atomic E-state index is 0.101. The number of hydrogen-bond donors (Lipinski definition) is 4. The maximum atomic E-state index is 11.7. The number of nitrogens with zero attached hydrogens (tertiary/aromatic N) is 1. The Bertz CT molecular complexity index is 409. The van der Waals surface area contributed by atoms with Gasteiger partial charge in [0.15, 0.2) is 5.69 Å². The number of aliphatic hydroxyl groups excluding tert-OH is 1. The summed E-state index contributed by atoms with van der Waals surface area (Å²) in [6.45, 7) is 2.35. The lowest BCUT2D eigenvalue weighted by Crippen LogP contribution is -2.32. The second-order valence-electron chi connectivity index (χ2n) is 4.45. The number of amides is 1. The van der Waals surface area contributed by atoms with Crippen LogP contribution in [-0.4, -0.2) is 34.4 Å². The van der Waals surface area contributed by atoms with Gasteiger partial charge >= 0.3 is 0 Å². The summed E-state index contributed by atoms with van der Waals surface area (Å²) in [4.78, 5) is 11.7. The minimum Gasteiger partial charge on any atom is -0.396 e. The normalized spacial score (nSPS) is 17.1. The van der Waals surface area contributed by atoms with Crippen LogP contribution in [0.2, 0.25) is 0 Å². The summed E-state index contributed by atoms with van der Waals surface area (Å²) in [7, 11) is 0. The highest BCUT2D eigenvalue weighted by atomic mass is 16.3. The summed E-state index contributed by atoms with van der Waals surface area (Å²) in [5.41, 5.74) is 6.88. The molecule has 1 aliphatic rings. The number of carbonyl (C=O) groups is 1. The van der Waals surface area contributed by atoms with E-state index in [9.17, 15) is 4.79 Å². The highest BCUT2D eigenvalue weighted by molar-refractivity contribution is 5.97. The van der Waals surface area contributed by atoms with Gasteiger partial charge in [-0.3, -0.25) is 9.89 Å². The predicted molar refractivity (Wildman–Crippen MR) is 58.8 cm³/mol. The van der Waals surface area contributed by atoms with E-state index in [0.717, 1.165) is 12.8 Å².